The predicted octanol–water partition coefficient (Wildman–Crippen LogP) is 3.96. The fraction of sp³-hybridized carbons (Fsp3) is 0.217. The highest BCUT2D eigenvalue weighted by Gasteiger charge is 2.13. The van der Waals surface area contributed by atoms with Crippen LogP contribution in [0.25, 0.3) is 6.08 Å². The van der Waals surface area contributed by atoms with Gasteiger partial charge in [0.1, 0.15) is 5.75 Å². The van der Waals surface area contributed by atoms with Crippen molar-refractivity contribution < 1.29 is 28.5 Å². The van der Waals surface area contributed by atoms with Crippen molar-refractivity contribution in [1.29, 1.82) is 0 Å². The molecule has 35 heavy (non-hydrogen) atoms. The van der Waals surface area contributed by atoms with E-state index < -0.39 is 0 Å². The van der Waals surface area contributed by atoms with Crippen LogP contribution in [-0.2, 0) is 9.59 Å². The second-order valence-corrected chi connectivity index (χ2v) is 8.92. The molecule has 1 aromatic heterocycles. The van der Waals surface area contributed by atoms with Gasteiger partial charge in [0.05, 0.1) is 34.2 Å². The molecular weight excluding hydrogens is 492 g/mol. The van der Waals surface area contributed by atoms with E-state index in [0.29, 0.717) is 43.7 Å². The molecular formula is C23H24N4O6S2. The average molecular weight is 517 g/mol. The van der Waals surface area contributed by atoms with E-state index in [2.05, 4.69) is 20.8 Å². The Morgan fingerprint density at radius 2 is 1.63 bits per heavy atom. The van der Waals surface area contributed by atoms with Gasteiger partial charge in [-0.3, -0.25) is 14.9 Å². The van der Waals surface area contributed by atoms with Gasteiger partial charge in [-0.2, -0.15) is 0 Å². The number of amides is 2. The smallest absolute Gasteiger partial charge is 0.250 e. The lowest BCUT2D eigenvalue weighted by molar-refractivity contribution is -0.114. The molecule has 12 heteroatoms. The first-order valence-corrected chi connectivity index (χ1v) is 11.9. The highest BCUT2D eigenvalue weighted by molar-refractivity contribution is 8.01. The molecule has 0 saturated heterocycles. The van der Waals surface area contributed by atoms with Gasteiger partial charge in [0, 0.05) is 11.8 Å². The first-order valence-electron chi connectivity index (χ1n) is 10.1. The highest BCUT2D eigenvalue weighted by Crippen LogP contribution is 2.38. The molecule has 3 aromatic rings. The van der Waals surface area contributed by atoms with Crippen LogP contribution in [-0.4, -0.2) is 56.2 Å². The summed E-state index contributed by atoms with van der Waals surface area (Å²) in [5, 5.41) is 13.7. The minimum absolute atomic E-state index is 0.148. The lowest BCUT2D eigenvalue weighted by Gasteiger charge is -2.12. The SMILES string of the molecule is COc1ccc(NC(=O)CSc2nnc(NC(=O)/C=C/c3cc(OC)c(OC)c(OC)c3)s2)cc1. The van der Waals surface area contributed by atoms with Gasteiger partial charge in [-0.15, -0.1) is 10.2 Å². The molecule has 0 fully saturated rings. The molecule has 0 saturated carbocycles. The van der Waals surface area contributed by atoms with Gasteiger partial charge in [-0.25, -0.2) is 0 Å². The summed E-state index contributed by atoms with van der Waals surface area (Å²) in [5.41, 5.74) is 1.35. The molecule has 0 atom stereocenters. The molecule has 0 aliphatic heterocycles. The zero-order valence-electron chi connectivity index (χ0n) is 19.5. The Morgan fingerprint density at radius 3 is 2.23 bits per heavy atom. The van der Waals surface area contributed by atoms with Crippen LogP contribution >= 0.6 is 23.1 Å². The third-order valence-electron chi connectivity index (χ3n) is 4.45. The quantitative estimate of drug-likeness (QED) is 0.222. The molecule has 3 rings (SSSR count). The fourth-order valence-corrected chi connectivity index (χ4v) is 4.39. The number of aromatic nitrogens is 2. The summed E-state index contributed by atoms with van der Waals surface area (Å²) in [7, 11) is 6.14. The van der Waals surface area contributed by atoms with Crippen molar-refractivity contribution in [2.75, 3.05) is 44.8 Å². The first kappa shape index (κ1) is 25.8. The summed E-state index contributed by atoms with van der Waals surface area (Å²) in [5.74, 6) is 1.71. The van der Waals surface area contributed by atoms with Crippen LogP contribution in [0, 0.1) is 0 Å². The van der Waals surface area contributed by atoms with Gasteiger partial charge in [-0.05, 0) is 48.0 Å². The maximum Gasteiger partial charge on any atom is 0.250 e. The molecule has 0 aliphatic rings. The van der Waals surface area contributed by atoms with E-state index in [-0.39, 0.29) is 17.6 Å². The number of benzene rings is 2. The van der Waals surface area contributed by atoms with E-state index in [4.69, 9.17) is 18.9 Å². The maximum atomic E-state index is 12.3. The third kappa shape index (κ3) is 7.36. The number of rotatable bonds is 11. The Bertz CT molecular complexity index is 1170. The molecule has 2 aromatic carbocycles. The van der Waals surface area contributed by atoms with Crippen molar-refractivity contribution in [1.82, 2.24) is 10.2 Å². The Hall–Kier alpha value is -3.77. The zero-order valence-corrected chi connectivity index (χ0v) is 21.1. The Morgan fingerprint density at radius 1 is 0.943 bits per heavy atom. The minimum Gasteiger partial charge on any atom is -0.497 e. The summed E-state index contributed by atoms with van der Waals surface area (Å²) in [6.07, 6.45) is 2.97. The van der Waals surface area contributed by atoms with Crippen LogP contribution in [0.3, 0.4) is 0 Å². The van der Waals surface area contributed by atoms with E-state index in [1.165, 1.54) is 50.5 Å². The second kappa shape index (κ2) is 12.6. The van der Waals surface area contributed by atoms with Crippen LogP contribution in [0.5, 0.6) is 23.0 Å². The summed E-state index contributed by atoms with van der Waals surface area (Å²) >= 11 is 2.40. The highest BCUT2D eigenvalue weighted by atomic mass is 32.2. The van der Waals surface area contributed by atoms with Gasteiger partial charge in [-0.1, -0.05) is 23.1 Å². The van der Waals surface area contributed by atoms with E-state index in [0.717, 1.165) is 0 Å². The maximum absolute atomic E-state index is 12.3. The number of carbonyl (C=O) groups is 2. The van der Waals surface area contributed by atoms with Crippen molar-refractivity contribution >= 4 is 51.8 Å². The van der Waals surface area contributed by atoms with Crippen LogP contribution in [0.15, 0.2) is 46.8 Å². The topological polar surface area (TPSA) is 121 Å². The molecule has 0 unspecified atom stereocenters. The monoisotopic (exact) mass is 516 g/mol. The van der Waals surface area contributed by atoms with Crippen molar-refractivity contribution in [2.24, 2.45) is 0 Å². The molecule has 0 aliphatic carbocycles. The largest absolute Gasteiger partial charge is 0.497 e. The average Bonchev–Trinajstić information content (AvgIpc) is 3.33. The van der Waals surface area contributed by atoms with Gasteiger partial charge >= 0.3 is 0 Å². The molecule has 2 amide bonds. The number of ether oxygens (including phenoxy) is 4. The molecule has 0 spiro atoms. The molecule has 184 valence electrons. The normalized spacial score (nSPS) is 10.6. The van der Waals surface area contributed by atoms with Crippen molar-refractivity contribution in [3.8, 4) is 23.0 Å². The lowest BCUT2D eigenvalue weighted by atomic mass is 10.1. The van der Waals surface area contributed by atoms with Crippen LogP contribution in [0.1, 0.15) is 5.56 Å². The van der Waals surface area contributed by atoms with E-state index in [9.17, 15) is 9.59 Å². The van der Waals surface area contributed by atoms with Crippen LogP contribution in [0.2, 0.25) is 0 Å². The fourth-order valence-electron chi connectivity index (χ4n) is 2.83. The molecule has 10 nitrogen and oxygen atoms in total. The van der Waals surface area contributed by atoms with E-state index in [1.807, 2.05) is 0 Å². The van der Waals surface area contributed by atoms with E-state index in [1.54, 1.807) is 49.6 Å². The van der Waals surface area contributed by atoms with Gasteiger partial charge in [0.2, 0.25) is 22.7 Å². The number of hydrogen-bond acceptors (Lipinski definition) is 10. The molecule has 2 N–H and O–H groups in total. The zero-order chi connectivity index (χ0) is 25.2. The summed E-state index contributed by atoms with van der Waals surface area (Å²) in [4.78, 5) is 24.5. The molecule has 0 radical (unpaired) electrons. The first-order chi connectivity index (χ1) is 16.9. The summed E-state index contributed by atoms with van der Waals surface area (Å²) in [6, 6.07) is 10.5. The number of nitrogens with zero attached hydrogens (tertiary/aromatic N) is 2. The summed E-state index contributed by atoms with van der Waals surface area (Å²) < 4.78 is 21.6. The number of thioether (sulfide) groups is 1. The summed E-state index contributed by atoms with van der Waals surface area (Å²) in [6.45, 7) is 0. The van der Waals surface area contributed by atoms with E-state index >= 15 is 0 Å². The Kier molecular flexibility index (Phi) is 9.32. The van der Waals surface area contributed by atoms with Crippen molar-refractivity contribution in [3.63, 3.8) is 0 Å². The standard InChI is InChI=1S/C23H24N4O6S2/c1-30-16-8-6-15(7-9-16)24-20(29)13-34-23-27-26-22(35-23)25-19(28)10-5-14-11-17(31-2)21(33-4)18(12-14)32-3/h5-12H,13H2,1-4H3,(H,24,29)(H,25,26,28)/b10-5+. The second-order valence-electron chi connectivity index (χ2n) is 6.72. The molecule has 0 bridgehead atoms. The third-order valence-corrected chi connectivity index (χ3v) is 6.42. The lowest BCUT2D eigenvalue weighted by Crippen LogP contribution is -2.13. The van der Waals surface area contributed by atoms with Crippen molar-refractivity contribution in [3.05, 3.63) is 48.0 Å². The van der Waals surface area contributed by atoms with Gasteiger partial charge < -0.3 is 24.3 Å². The van der Waals surface area contributed by atoms with Crippen LogP contribution < -0.4 is 29.6 Å². The Labute approximate surface area is 210 Å². The van der Waals surface area contributed by atoms with Crippen molar-refractivity contribution in [2.45, 2.75) is 4.34 Å². The number of methoxy groups -OCH3 is 4. The number of carbonyl (C=O) groups excluding carboxylic acids is 2. The van der Waals surface area contributed by atoms with Crippen LogP contribution in [0.4, 0.5) is 10.8 Å². The van der Waals surface area contributed by atoms with Gasteiger partial charge in [0.25, 0.3) is 0 Å². The number of hydrogen-bond donors (Lipinski definition) is 2. The number of nitrogens with one attached hydrogen (secondary N) is 2. The Balaban J connectivity index is 1.52. The minimum atomic E-state index is -0.385. The molecule has 1 heterocycles. The number of anilines is 2. The predicted molar refractivity (Wildman–Crippen MR) is 136 cm³/mol. The van der Waals surface area contributed by atoms with Gasteiger partial charge in [0.15, 0.2) is 15.8 Å².